The Bertz CT molecular complexity index is 1570. The minimum atomic E-state index is -3.95. The first-order valence-corrected chi connectivity index (χ1v) is 14.8. The summed E-state index contributed by atoms with van der Waals surface area (Å²) in [7, 11) is -4.96. The van der Waals surface area contributed by atoms with E-state index >= 15 is 0 Å². The van der Waals surface area contributed by atoms with Gasteiger partial charge in [0.2, 0.25) is 10.0 Å². The highest BCUT2D eigenvalue weighted by atomic mass is 32.2. The van der Waals surface area contributed by atoms with Crippen molar-refractivity contribution in [2.45, 2.75) is 16.7 Å². The van der Waals surface area contributed by atoms with Crippen LogP contribution in [-0.4, -0.2) is 67.6 Å². The van der Waals surface area contributed by atoms with Crippen LogP contribution in [0.25, 0.3) is 0 Å². The van der Waals surface area contributed by atoms with E-state index in [2.05, 4.69) is 10.0 Å². The van der Waals surface area contributed by atoms with Gasteiger partial charge in [-0.3, -0.25) is 9.52 Å². The Morgan fingerprint density at radius 3 is 2.10 bits per heavy atom. The molecule has 0 spiro atoms. The molecule has 0 aliphatic carbocycles. The zero-order chi connectivity index (χ0) is 28.2. The van der Waals surface area contributed by atoms with Gasteiger partial charge in [0, 0.05) is 18.8 Å². The number of carbonyl (C=O) groups is 1. The number of methoxy groups -OCH3 is 2. The van der Waals surface area contributed by atoms with E-state index in [9.17, 15) is 21.6 Å². The van der Waals surface area contributed by atoms with Crippen LogP contribution in [0.15, 0.2) is 70.5 Å². The van der Waals surface area contributed by atoms with Gasteiger partial charge in [-0.2, -0.15) is 4.31 Å². The van der Waals surface area contributed by atoms with Crippen LogP contribution in [0.4, 0.5) is 11.4 Å². The van der Waals surface area contributed by atoms with E-state index in [1.165, 1.54) is 61.0 Å². The van der Waals surface area contributed by atoms with Crippen molar-refractivity contribution in [1.29, 1.82) is 0 Å². The minimum Gasteiger partial charge on any atom is -0.496 e. The molecule has 0 aromatic heterocycles. The summed E-state index contributed by atoms with van der Waals surface area (Å²) in [4.78, 5) is 13.0. The monoisotopic (exact) mass is 575 g/mol. The van der Waals surface area contributed by atoms with Crippen LogP contribution in [0, 0.1) is 6.92 Å². The number of hydrogen-bond acceptors (Lipinski definition) is 8. The average Bonchev–Trinajstić information content (AvgIpc) is 2.93. The molecule has 0 saturated carbocycles. The molecular formula is C26H29N3O8S2. The number of rotatable bonds is 9. The van der Waals surface area contributed by atoms with Crippen molar-refractivity contribution in [1.82, 2.24) is 4.31 Å². The lowest BCUT2D eigenvalue weighted by Crippen LogP contribution is -2.40. The molecule has 1 fully saturated rings. The van der Waals surface area contributed by atoms with Crippen LogP contribution in [0.3, 0.4) is 0 Å². The second-order valence-corrected chi connectivity index (χ2v) is 12.3. The molecule has 1 heterocycles. The van der Waals surface area contributed by atoms with Gasteiger partial charge in [0.25, 0.3) is 15.9 Å². The van der Waals surface area contributed by atoms with E-state index in [0.717, 1.165) is 5.56 Å². The molecule has 3 aromatic rings. The Balaban J connectivity index is 1.53. The van der Waals surface area contributed by atoms with Gasteiger partial charge in [0.05, 0.1) is 48.5 Å². The molecule has 1 amide bonds. The largest absolute Gasteiger partial charge is 0.496 e. The summed E-state index contributed by atoms with van der Waals surface area (Å²) in [6, 6.07) is 14.7. The lowest BCUT2D eigenvalue weighted by molar-refractivity contribution is 0.0730. The SMILES string of the molecule is COc1ccc(C)cc1NS(=O)(=O)c1ccc(NC(=O)c2cc(S(=O)(=O)N3CCOCC3)ccc2OC)cc1. The van der Waals surface area contributed by atoms with Gasteiger partial charge in [-0.25, -0.2) is 16.8 Å². The number of ether oxygens (including phenoxy) is 3. The molecule has 11 nitrogen and oxygen atoms in total. The maximum atomic E-state index is 13.1. The van der Waals surface area contributed by atoms with Crippen LogP contribution in [0.1, 0.15) is 15.9 Å². The zero-order valence-corrected chi connectivity index (χ0v) is 23.3. The standard InChI is InChI=1S/C26H29N3O8S2/c1-18-4-10-25(36-3)23(16-18)28-38(31,32)20-7-5-19(6-8-20)27-26(30)22-17-21(9-11-24(22)35-2)39(33,34)29-12-14-37-15-13-29/h4-11,16-17,28H,12-15H2,1-3H3,(H,27,30). The van der Waals surface area contributed by atoms with Crippen LogP contribution >= 0.6 is 0 Å². The van der Waals surface area contributed by atoms with Crippen molar-refractivity contribution in [3.8, 4) is 11.5 Å². The van der Waals surface area contributed by atoms with Crippen molar-refractivity contribution in [3.63, 3.8) is 0 Å². The summed E-state index contributed by atoms with van der Waals surface area (Å²) in [5.41, 5.74) is 1.46. The van der Waals surface area contributed by atoms with Crippen molar-refractivity contribution in [2.24, 2.45) is 0 Å². The van der Waals surface area contributed by atoms with Gasteiger partial charge in [-0.15, -0.1) is 0 Å². The maximum absolute atomic E-state index is 13.1. The topological polar surface area (TPSA) is 140 Å². The number of benzene rings is 3. The van der Waals surface area contributed by atoms with E-state index in [0.29, 0.717) is 30.3 Å². The first kappa shape index (κ1) is 28.4. The van der Waals surface area contributed by atoms with Gasteiger partial charge in [0.1, 0.15) is 11.5 Å². The van der Waals surface area contributed by atoms with Crippen molar-refractivity contribution in [2.75, 3.05) is 50.6 Å². The normalized spacial score (nSPS) is 14.4. The molecule has 39 heavy (non-hydrogen) atoms. The Hall–Kier alpha value is -3.65. The third-order valence-electron chi connectivity index (χ3n) is 6.05. The van der Waals surface area contributed by atoms with Crippen LogP contribution in [-0.2, 0) is 24.8 Å². The van der Waals surface area contributed by atoms with Crippen LogP contribution < -0.4 is 19.5 Å². The molecule has 2 N–H and O–H groups in total. The van der Waals surface area contributed by atoms with Crippen molar-refractivity contribution in [3.05, 3.63) is 71.8 Å². The molecule has 208 valence electrons. The summed E-state index contributed by atoms with van der Waals surface area (Å²) in [6.45, 7) is 2.86. The fraction of sp³-hybridized carbons (Fsp3) is 0.269. The quantitative estimate of drug-likeness (QED) is 0.397. The second-order valence-electron chi connectivity index (χ2n) is 8.67. The van der Waals surface area contributed by atoms with E-state index in [4.69, 9.17) is 14.2 Å². The number of sulfonamides is 2. The number of nitrogens with one attached hydrogen (secondary N) is 2. The molecular weight excluding hydrogens is 546 g/mol. The number of morpholine rings is 1. The van der Waals surface area contributed by atoms with E-state index in [1.807, 2.05) is 6.92 Å². The Kier molecular flexibility index (Phi) is 8.45. The summed E-state index contributed by atoms with van der Waals surface area (Å²) in [5.74, 6) is -0.0621. The van der Waals surface area contributed by atoms with E-state index < -0.39 is 26.0 Å². The fourth-order valence-corrected chi connectivity index (χ4v) is 6.48. The van der Waals surface area contributed by atoms with Crippen LogP contribution in [0.5, 0.6) is 11.5 Å². The molecule has 0 bridgehead atoms. The fourth-order valence-electron chi connectivity index (χ4n) is 3.98. The molecule has 1 aliphatic rings. The third kappa shape index (κ3) is 6.33. The summed E-state index contributed by atoms with van der Waals surface area (Å²) in [6.07, 6.45) is 0. The van der Waals surface area contributed by atoms with Crippen LogP contribution in [0.2, 0.25) is 0 Å². The van der Waals surface area contributed by atoms with E-state index in [-0.39, 0.29) is 34.2 Å². The Morgan fingerprint density at radius 1 is 0.846 bits per heavy atom. The average molecular weight is 576 g/mol. The predicted octanol–water partition coefficient (Wildman–Crippen LogP) is 3.09. The maximum Gasteiger partial charge on any atom is 0.262 e. The smallest absolute Gasteiger partial charge is 0.262 e. The number of carbonyl (C=O) groups excluding carboxylic acids is 1. The zero-order valence-electron chi connectivity index (χ0n) is 21.6. The number of aryl methyl sites for hydroxylation is 1. The van der Waals surface area contributed by atoms with Gasteiger partial charge >= 0.3 is 0 Å². The lowest BCUT2D eigenvalue weighted by atomic mass is 10.2. The Morgan fingerprint density at radius 2 is 1.46 bits per heavy atom. The molecule has 0 atom stereocenters. The number of amides is 1. The molecule has 0 unspecified atom stereocenters. The van der Waals surface area contributed by atoms with Gasteiger partial charge in [0.15, 0.2) is 0 Å². The molecule has 1 saturated heterocycles. The van der Waals surface area contributed by atoms with Crippen molar-refractivity contribution >= 4 is 37.3 Å². The number of hydrogen-bond donors (Lipinski definition) is 2. The molecule has 0 radical (unpaired) electrons. The summed E-state index contributed by atoms with van der Waals surface area (Å²) >= 11 is 0. The molecule has 1 aliphatic heterocycles. The number of nitrogens with zero attached hydrogens (tertiary/aromatic N) is 1. The lowest BCUT2D eigenvalue weighted by Gasteiger charge is -2.26. The predicted molar refractivity (Wildman–Crippen MR) is 146 cm³/mol. The molecule has 4 rings (SSSR count). The first-order valence-electron chi connectivity index (χ1n) is 11.9. The Labute approximate surface area is 227 Å². The highest BCUT2D eigenvalue weighted by Crippen LogP contribution is 2.29. The summed E-state index contributed by atoms with van der Waals surface area (Å²) in [5, 5.41) is 2.66. The summed E-state index contributed by atoms with van der Waals surface area (Å²) < 4.78 is 71.6. The second kappa shape index (κ2) is 11.6. The van der Waals surface area contributed by atoms with Gasteiger partial charge < -0.3 is 19.5 Å². The highest BCUT2D eigenvalue weighted by Gasteiger charge is 2.28. The highest BCUT2D eigenvalue weighted by molar-refractivity contribution is 7.92. The van der Waals surface area contributed by atoms with Gasteiger partial charge in [-0.05, 0) is 67.1 Å². The van der Waals surface area contributed by atoms with Gasteiger partial charge in [-0.1, -0.05) is 6.07 Å². The third-order valence-corrected chi connectivity index (χ3v) is 9.32. The molecule has 13 heteroatoms. The molecule has 3 aromatic carbocycles. The van der Waals surface area contributed by atoms with E-state index in [1.54, 1.807) is 18.2 Å². The van der Waals surface area contributed by atoms with Crippen molar-refractivity contribution < 1.29 is 35.8 Å². The first-order chi connectivity index (χ1) is 18.5. The number of anilines is 2. The minimum absolute atomic E-state index is 0.0109.